The normalized spacial score (nSPS) is 15.7. The second-order valence-corrected chi connectivity index (χ2v) is 5.09. The van der Waals surface area contributed by atoms with Crippen molar-refractivity contribution in [2.45, 2.75) is 31.6 Å². The van der Waals surface area contributed by atoms with Gasteiger partial charge in [-0.05, 0) is 37.1 Å². The van der Waals surface area contributed by atoms with Gasteiger partial charge in [0, 0.05) is 18.0 Å². The van der Waals surface area contributed by atoms with Crippen LogP contribution in [0.2, 0.25) is 0 Å². The summed E-state index contributed by atoms with van der Waals surface area (Å²) in [4.78, 5) is 0. The van der Waals surface area contributed by atoms with Crippen LogP contribution < -0.4 is 10.5 Å². The second kappa shape index (κ2) is 6.05. The van der Waals surface area contributed by atoms with Crippen LogP contribution in [0.4, 0.5) is 0 Å². The molecule has 0 aliphatic heterocycles. The zero-order valence-electron chi connectivity index (χ0n) is 11.4. The van der Waals surface area contributed by atoms with Gasteiger partial charge >= 0.3 is 0 Å². The molecule has 5 heteroatoms. The van der Waals surface area contributed by atoms with Crippen LogP contribution in [0, 0.1) is 0 Å². The van der Waals surface area contributed by atoms with Gasteiger partial charge in [0.25, 0.3) is 0 Å². The predicted octanol–water partition coefficient (Wildman–Crippen LogP) is 2.73. The first-order valence-corrected chi connectivity index (χ1v) is 7.13. The Balaban J connectivity index is 1.72. The van der Waals surface area contributed by atoms with Crippen LogP contribution in [-0.4, -0.2) is 23.3 Å². The molecule has 0 amide bonds. The Morgan fingerprint density at radius 1 is 1.15 bits per heavy atom. The molecule has 1 saturated carbocycles. The van der Waals surface area contributed by atoms with Gasteiger partial charge in [-0.2, -0.15) is 0 Å². The minimum absolute atomic E-state index is 0.448. The molecule has 2 N–H and O–H groups in total. The van der Waals surface area contributed by atoms with Crippen molar-refractivity contribution >= 4 is 0 Å². The van der Waals surface area contributed by atoms with Crippen LogP contribution in [0.1, 0.15) is 37.5 Å². The molecule has 2 aromatic rings. The van der Waals surface area contributed by atoms with E-state index in [1.54, 1.807) is 0 Å². The smallest absolute Gasteiger partial charge is 0.247 e. The second-order valence-electron chi connectivity index (χ2n) is 5.09. The van der Waals surface area contributed by atoms with Gasteiger partial charge in [-0.1, -0.05) is 12.8 Å². The average Bonchev–Trinajstić information content (AvgIpc) is 3.16. The lowest BCUT2D eigenvalue weighted by atomic mass is 10.1. The highest BCUT2D eigenvalue weighted by Crippen LogP contribution is 2.34. The SMILES string of the molecule is NCCOc1ccc(-c2nnc(C3CCCC3)o2)cc1. The van der Waals surface area contributed by atoms with Crippen molar-refractivity contribution in [1.29, 1.82) is 0 Å². The molecule has 5 nitrogen and oxygen atoms in total. The van der Waals surface area contributed by atoms with E-state index in [2.05, 4.69) is 10.2 Å². The Bertz CT molecular complexity index is 545. The molecule has 0 saturated heterocycles. The van der Waals surface area contributed by atoms with Crippen LogP contribution in [0.25, 0.3) is 11.5 Å². The maximum atomic E-state index is 5.79. The molecular weight excluding hydrogens is 254 g/mol. The summed E-state index contributed by atoms with van der Waals surface area (Å²) in [6.45, 7) is 1.03. The lowest BCUT2D eigenvalue weighted by molar-refractivity contribution is 0.328. The summed E-state index contributed by atoms with van der Waals surface area (Å²) < 4.78 is 11.2. The van der Waals surface area contributed by atoms with Crippen molar-refractivity contribution < 1.29 is 9.15 Å². The van der Waals surface area contributed by atoms with Gasteiger partial charge in [0.15, 0.2) is 0 Å². The summed E-state index contributed by atoms with van der Waals surface area (Å²) in [5.74, 6) is 2.61. The van der Waals surface area contributed by atoms with Gasteiger partial charge in [0.05, 0.1) is 0 Å². The molecule has 0 bridgehead atoms. The molecule has 0 radical (unpaired) electrons. The molecule has 106 valence electrons. The van der Waals surface area contributed by atoms with Crippen molar-refractivity contribution in [2.24, 2.45) is 5.73 Å². The number of hydrogen-bond acceptors (Lipinski definition) is 5. The first-order valence-electron chi connectivity index (χ1n) is 7.13. The minimum atomic E-state index is 0.448. The minimum Gasteiger partial charge on any atom is -0.492 e. The van der Waals surface area contributed by atoms with E-state index >= 15 is 0 Å². The molecule has 1 heterocycles. The van der Waals surface area contributed by atoms with E-state index < -0.39 is 0 Å². The first kappa shape index (κ1) is 13.1. The third kappa shape index (κ3) is 2.82. The zero-order chi connectivity index (χ0) is 13.8. The monoisotopic (exact) mass is 273 g/mol. The largest absolute Gasteiger partial charge is 0.492 e. The van der Waals surface area contributed by atoms with E-state index in [1.807, 2.05) is 24.3 Å². The number of hydrogen-bond donors (Lipinski definition) is 1. The van der Waals surface area contributed by atoms with Crippen molar-refractivity contribution in [3.8, 4) is 17.2 Å². The Labute approximate surface area is 118 Å². The molecule has 0 spiro atoms. The highest BCUT2D eigenvalue weighted by atomic mass is 16.5. The van der Waals surface area contributed by atoms with Crippen LogP contribution in [0.5, 0.6) is 5.75 Å². The highest BCUT2D eigenvalue weighted by molar-refractivity contribution is 5.54. The maximum Gasteiger partial charge on any atom is 0.247 e. The lowest BCUT2D eigenvalue weighted by Crippen LogP contribution is -2.10. The van der Waals surface area contributed by atoms with Gasteiger partial charge in [0.1, 0.15) is 12.4 Å². The van der Waals surface area contributed by atoms with Crippen molar-refractivity contribution in [1.82, 2.24) is 10.2 Å². The van der Waals surface area contributed by atoms with Crippen LogP contribution in [-0.2, 0) is 0 Å². The van der Waals surface area contributed by atoms with Crippen molar-refractivity contribution in [3.63, 3.8) is 0 Å². The Morgan fingerprint density at radius 3 is 2.60 bits per heavy atom. The molecule has 1 aliphatic carbocycles. The van der Waals surface area contributed by atoms with Crippen molar-refractivity contribution in [3.05, 3.63) is 30.2 Å². The van der Waals surface area contributed by atoms with E-state index in [9.17, 15) is 0 Å². The summed E-state index contributed by atoms with van der Waals surface area (Å²) >= 11 is 0. The molecule has 1 fully saturated rings. The number of aromatic nitrogens is 2. The van der Waals surface area contributed by atoms with Gasteiger partial charge in [-0.3, -0.25) is 0 Å². The van der Waals surface area contributed by atoms with Crippen LogP contribution in [0.3, 0.4) is 0 Å². The number of nitrogens with zero attached hydrogens (tertiary/aromatic N) is 2. The third-order valence-corrected chi connectivity index (χ3v) is 3.63. The molecule has 0 unspecified atom stereocenters. The topological polar surface area (TPSA) is 74.2 Å². The summed E-state index contributed by atoms with van der Waals surface area (Å²) in [7, 11) is 0. The molecule has 3 rings (SSSR count). The molecule has 1 aliphatic rings. The van der Waals surface area contributed by atoms with E-state index in [0.29, 0.717) is 25.0 Å². The van der Waals surface area contributed by atoms with E-state index in [4.69, 9.17) is 14.9 Å². The Hall–Kier alpha value is -1.88. The summed E-state index contributed by atoms with van der Waals surface area (Å²) in [5.41, 5.74) is 6.32. The number of nitrogens with two attached hydrogens (primary N) is 1. The Kier molecular flexibility index (Phi) is 3.97. The fraction of sp³-hybridized carbons (Fsp3) is 0.467. The average molecular weight is 273 g/mol. The fourth-order valence-corrected chi connectivity index (χ4v) is 2.56. The molecule has 1 aromatic carbocycles. The predicted molar refractivity (Wildman–Crippen MR) is 75.5 cm³/mol. The van der Waals surface area contributed by atoms with Gasteiger partial charge in [-0.25, -0.2) is 0 Å². The lowest BCUT2D eigenvalue weighted by Gasteiger charge is -2.04. The van der Waals surface area contributed by atoms with Crippen molar-refractivity contribution in [2.75, 3.05) is 13.2 Å². The number of ether oxygens (including phenoxy) is 1. The number of rotatable bonds is 5. The molecule has 20 heavy (non-hydrogen) atoms. The van der Waals surface area contributed by atoms with Gasteiger partial charge < -0.3 is 14.9 Å². The standard InChI is InChI=1S/C15H19N3O2/c16-9-10-19-13-7-5-12(6-8-13)15-18-17-14(20-15)11-3-1-2-4-11/h5-8,11H,1-4,9-10,16H2. The quantitative estimate of drug-likeness (QED) is 0.906. The van der Waals surface area contributed by atoms with Gasteiger partial charge in [0.2, 0.25) is 11.8 Å². The Morgan fingerprint density at radius 2 is 1.90 bits per heavy atom. The van der Waals surface area contributed by atoms with E-state index in [-0.39, 0.29) is 0 Å². The third-order valence-electron chi connectivity index (χ3n) is 3.63. The fourth-order valence-electron chi connectivity index (χ4n) is 2.56. The summed E-state index contributed by atoms with van der Waals surface area (Å²) in [6, 6.07) is 7.64. The van der Waals surface area contributed by atoms with Crippen LogP contribution >= 0.6 is 0 Å². The zero-order valence-corrected chi connectivity index (χ0v) is 11.4. The molecular formula is C15H19N3O2. The number of benzene rings is 1. The maximum absolute atomic E-state index is 5.79. The first-order chi connectivity index (χ1) is 9.86. The summed E-state index contributed by atoms with van der Waals surface area (Å²) in [5, 5.41) is 8.33. The van der Waals surface area contributed by atoms with Gasteiger partial charge in [-0.15, -0.1) is 10.2 Å². The summed E-state index contributed by atoms with van der Waals surface area (Å²) in [6.07, 6.45) is 4.84. The van der Waals surface area contributed by atoms with E-state index in [1.165, 1.54) is 12.8 Å². The highest BCUT2D eigenvalue weighted by Gasteiger charge is 2.22. The van der Waals surface area contributed by atoms with E-state index in [0.717, 1.165) is 30.0 Å². The molecule has 1 aromatic heterocycles. The van der Waals surface area contributed by atoms with Crippen LogP contribution in [0.15, 0.2) is 28.7 Å². The molecule has 0 atom stereocenters.